The van der Waals surface area contributed by atoms with Crippen molar-refractivity contribution in [2.24, 2.45) is 5.92 Å². The van der Waals surface area contributed by atoms with Crippen LogP contribution in [0.4, 0.5) is 10.1 Å². The van der Waals surface area contributed by atoms with E-state index in [0.717, 1.165) is 69.3 Å². The van der Waals surface area contributed by atoms with Gasteiger partial charge in [0, 0.05) is 49.0 Å². The molecular weight excluding hydrogens is 549 g/mol. The highest BCUT2D eigenvalue weighted by Gasteiger charge is 2.26. The minimum atomic E-state index is -0.265. The van der Waals surface area contributed by atoms with Crippen molar-refractivity contribution in [3.8, 4) is 27.7 Å². The summed E-state index contributed by atoms with van der Waals surface area (Å²) in [5.41, 5.74) is 3.19. The summed E-state index contributed by atoms with van der Waals surface area (Å²) >= 11 is 1.61. The lowest BCUT2D eigenvalue weighted by Crippen LogP contribution is -2.39. The van der Waals surface area contributed by atoms with Crippen LogP contribution in [0.3, 0.4) is 0 Å². The van der Waals surface area contributed by atoms with E-state index in [2.05, 4.69) is 17.0 Å². The van der Waals surface area contributed by atoms with Gasteiger partial charge >= 0.3 is 0 Å². The molecule has 42 heavy (non-hydrogen) atoms. The number of benzene rings is 4. The van der Waals surface area contributed by atoms with Gasteiger partial charge < -0.3 is 23.8 Å². The van der Waals surface area contributed by atoms with Crippen LogP contribution < -0.4 is 14.4 Å². The Morgan fingerprint density at radius 3 is 2.21 bits per heavy atom. The number of anilines is 1. The zero-order valence-electron chi connectivity index (χ0n) is 23.8. The van der Waals surface area contributed by atoms with Gasteiger partial charge in [-0.3, -0.25) is 0 Å². The maximum atomic E-state index is 13.8. The third kappa shape index (κ3) is 6.28. The number of fused-ring (bicyclic) bond motifs is 1. The molecule has 1 aliphatic rings. The molecule has 6 rings (SSSR count). The Morgan fingerprint density at radius 2 is 1.52 bits per heavy atom. The second-order valence-electron chi connectivity index (χ2n) is 10.5. The molecule has 0 amide bonds. The van der Waals surface area contributed by atoms with Crippen molar-refractivity contribution in [3.63, 3.8) is 0 Å². The summed E-state index contributed by atoms with van der Waals surface area (Å²) < 4.78 is 38.4. The van der Waals surface area contributed by atoms with Gasteiger partial charge in [0.25, 0.3) is 0 Å². The van der Waals surface area contributed by atoms with E-state index in [9.17, 15) is 4.39 Å². The van der Waals surface area contributed by atoms with Gasteiger partial charge in [0.2, 0.25) is 0 Å². The van der Waals surface area contributed by atoms with E-state index in [4.69, 9.17) is 18.9 Å². The topological polar surface area (TPSA) is 40.2 Å². The largest absolute Gasteiger partial charge is 0.489 e. The summed E-state index contributed by atoms with van der Waals surface area (Å²) in [6.07, 6.45) is 1.89. The first-order valence-corrected chi connectivity index (χ1v) is 15.0. The highest BCUT2D eigenvalue weighted by atomic mass is 32.1. The van der Waals surface area contributed by atoms with Crippen LogP contribution in [0.25, 0.3) is 20.5 Å². The fraction of sp³-hybridized carbons (Fsp3) is 0.257. The molecule has 0 bridgehead atoms. The van der Waals surface area contributed by atoms with Crippen molar-refractivity contribution in [1.29, 1.82) is 0 Å². The van der Waals surface area contributed by atoms with E-state index in [0.29, 0.717) is 12.5 Å². The van der Waals surface area contributed by atoms with Crippen molar-refractivity contribution in [3.05, 3.63) is 108 Å². The number of methoxy groups -OCH3 is 2. The molecule has 0 unspecified atom stereocenters. The summed E-state index contributed by atoms with van der Waals surface area (Å²) in [4.78, 5) is 3.34. The van der Waals surface area contributed by atoms with Gasteiger partial charge in [0.15, 0.2) is 12.0 Å². The van der Waals surface area contributed by atoms with E-state index in [1.54, 1.807) is 37.7 Å². The molecule has 216 valence electrons. The van der Waals surface area contributed by atoms with Gasteiger partial charge in [0.05, 0.1) is 4.88 Å². The van der Waals surface area contributed by atoms with E-state index in [1.165, 1.54) is 17.8 Å². The normalized spacial score (nSPS) is 14.0. The zero-order chi connectivity index (χ0) is 28.9. The standard InChI is InChI=1S/C35H34FNO4S/c1-38-35(39-2)26-18-20-37(21-19-26)28-12-14-29(15-13-28)41-33-31-17-16-30(40-23-24-6-4-3-5-7-24)22-32(31)42-34(33)25-8-10-27(36)11-9-25/h3-17,22,26,35H,18-21,23H2,1-2H3. The first-order valence-electron chi connectivity index (χ1n) is 14.2. The van der Waals surface area contributed by atoms with Crippen molar-refractivity contribution in [1.82, 2.24) is 0 Å². The average Bonchev–Trinajstić information content (AvgIpc) is 3.39. The molecule has 0 spiro atoms. The van der Waals surface area contributed by atoms with Gasteiger partial charge in [0.1, 0.15) is 23.9 Å². The quantitative estimate of drug-likeness (QED) is 0.154. The fourth-order valence-corrected chi connectivity index (χ4v) is 6.69. The summed E-state index contributed by atoms with van der Waals surface area (Å²) in [6.45, 7) is 2.40. The van der Waals surface area contributed by atoms with Crippen LogP contribution in [0.5, 0.6) is 17.2 Å². The van der Waals surface area contributed by atoms with Gasteiger partial charge in [-0.25, -0.2) is 4.39 Å². The van der Waals surface area contributed by atoms with Crippen LogP contribution in [0.2, 0.25) is 0 Å². The monoisotopic (exact) mass is 583 g/mol. The lowest BCUT2D eigenvalue weighted by molar-refractivity contribution is -0.141. The first kappa shape index (κ1) is 28.2. The third-order valence-corrected chi connectivity index (χ3v) is 8.96. The molecule has 0 saturated carbocycles. The lowest BCUT2D eigenvalue weighted by Gasteiger charge is -2.36. The minimum Gasteiger partial charge on any atom is -0.489 e. The fourth-order valence-electron chi connectivity index (χ4n) is 5.53. The minimum absolute atomic E-state index is 0.148. The predicted octanol–water partition coefficient (Wildman–Crippen LogP) is 8.91. The molecule has 1 saturated heterocycles. The highest BCUT2D eigenvalue weighted by Crippen LogP contribution is 2.47. The second kappa shape index (κ2) is 12.9. The molecule has 5 aromatic rings. The maximum absolute atomic E-state index is 13.8. The highest BCUT2D eigenvalue weighted by molar-refractivity contribution is 7.22. The molecule has 1 fully saturated rings. The third-order valence-electron chi connectivity index (χ3n) is 7.78. The number of ether oxygens (including phenoxy) is 4. The Morgan fingerprint density at radius 1 is 0.833 bits per heavy atom. The number of halogens is 1. The Hall–Kier alpha value is -3.91. The number of hydrogen-bond donors (Lipinski definition) is 0. The van der Waals surface area contributed by atoms with Crippen molar-refractivity contribution in [2.75, 3.05) is 32.2 Å². The average molecular weight is 584 g/mol. The number of nitrogens with zero attached hydrogens (tertiary/aromatic N) is 1. The van der Waals surface area contributed by atoms with E-state index in [-0.39, 0.29) is 12.1 Å². The number of hydrogen-bond acceptors (Lipinski definition) is 6. The van der Waals surface area contributed by atoms with Crippen molar-refractivity contribution < 1.29 is 23.3 Å². The van der Waals surface area contributed by atoms with E-state index < -0.39 is 0 Å². The zero-order valence-corrected chi connectivity index (χ0v) is 24.6. The van der Waals surface area contributed by atoms with Gasteiger partial charge in [-0.1, -0.05) is 42.5 Å². The maximum Gasteiger partial charge on any atom is 0.159 e. The number of rotatable bonds is 10. The van der Waals surface area contributed by atoms with E-state index >= 15 is 0 Å². The molecule has 7 heteroatoms. The second-order valence-corrected chi connectivity index (χ2v) is 11.5. The molecular formula is C35H34FNO4S. The molecule has 0 N–H and O–H groups in total. The Balaban J connectivity index is 1.23. The molecule has 1 aliphatic heterocycles. The Kier molecular flexibility index (Phi) is 8.70. The van der Waals surface area contributed by atoms with Gasteiger partial charge in [-0.05, 0) is 78.6 Å². The number of thiophene rings is 1. The van der Waals surface area contributed by atoms with Crippen LogP contribution in [-0.4, -0.2) is 33.6 Å². The SMILES string of the molecule is COC(OC)C1CCN(c2ccc(Oc3c(-c4ccc(F)cc4)sc4cc(OCc5ccccc5)ccc34)cc2)CC1. The summed E-state index contributed by atoms with van der Waals surface area (Å²) in [5.74, 6) is 2.44. The molecule has 1 aromatic heterocycles. The van der Waals surface area contributed by atoms with Gasteiger partial charge in [-0.15, -0.1) is 11.3 Å². The van der Waals surface area contributed by atoms with Crippen LogP contribution in [-0.2, 0) is 16.1 Å². The van der Waals surface area contributed by atoms with Crippen molar-refractivity contribution in [2.45, 2.75) is 25.7 Å². The molecule has 4 aromatic carbocycles. The van der Waals surface area contributed by atoms with E-state index in [1.807, 2.05) is 60.7 Å². The summed E-state index contributed by atoms with van der Waals surface area (Å²) in [5, 5.41) is 0.989. The smallest absolute Gasteiger partial charge is 0.159 e. The molecule has 0 aliphatic carbocycles. The predicted molar refractivity (Wildman–Crippen MR) is 167 cm³/mol. The molecule has 2 heterocycles. The Labute approximate surface area is 250 Å². The number of piperidine rings is 1. The first-order chi connectivity index (χ1) is 20.6. The van der Waals surface area contributed by atoms with Crippen LogP contribution in [0.1, 0.15) is 18.4 Å². The van der Waals surface area contributed by atoms with Gasteiger partial charge in [-0.2, -0.15) is 0 Å². The van der Waals surface area contributed by atoms with Crippen LogP contribution in [0.15, 0.2) is 97.1 Å². The molecule has 5 nitrogen and oxygen atoms in total. The molecule has 0 atom stereocenters. The summed E-state index contributed by atoms with van der Waals surface area (Å²) in [7, 11) is 3.41. The van der Waals surface area contributed by atoms with Crippen molar-refractivity contribution >= 4 is 27.1 Å². The lowest BCUT2D eigenvalue weighted by atomic mass is 9.95. The van der Waals surface area contributed by atoms with Crippen LogP contribution >= 0.6 is 11.3 Å². The molecule has 0 radical (unpaired) electrons. The summed E-state index contributed by atoms with van der Waals surface area (Å²) in [6, 6.07) is 31.0. The van der Waals surface area contributed by atoms with Crippen LogP contribution in [0, 0.1) is 11.7 Å². The Bertz CT molecular complexity index is 1590.